The van der Waals surface area contributed by atoms with Crippen LogP contribution < -0.4 is 11.1 Å². The van der Waals surface area contributed by atoms with Gasteiger partial charge in [0.05, 0.1) is 0 Å². The second-order valence-electron chi connectivity index (χ2n) is 4.53. The highest BCUT2D eigenvalue weighted by Crippen LogP contribution is 2.26. The zero-order valence-corrected chi connectivity index (χ0v) is 9.63. The van der Waals surface area contributed by atoms with E-state index in [1.807, 2.05) is 0 Å². The molecule has 0 radical (unpaired) electrons. The maximum Gasteiger partial charge on any atom is 0.219 e. The number of carbonyl (C=O) groups excluding carboxylic acids is 1. The minimum absolute atomic E-state index is 0.196. The topological polar surface area (TPSA) is 55.1 Å². The highest BCUT2D eigenvalue weighted by atomic mass is 16.1. The summed E-state index contributed by atoms with van der Waals surface area (Å²) in [6.45, 7) is 1.56. The van der Waals surface area contributed by atoms with E-state index < -0.39 is 0 Å². The van der Waals surface area contributed by atoms with Crippen molar-refractivity contribution in [1.29, 1.82) is 0 Å². The van der Waals surface area contributed by atoms with Gasteiger partial charge in [0, 0.05) is 13.0 Å². The molecule has 1 fully saturated rings. The van der Waals surface area contributed by atoms with Gasteiger partial charge in [-0.15, -0.1) is 0 Å². The molecule has 1 aliphatic rings. The maximum absolute atomic E-state index is 11.3. The molecule has 0 heterocycles. The Balaban J connectivity index is 1.91. The van der Waals surface area contributed by atoms with Crippen LogP contribution in [0.2, 0.25) is 0 Å². The van der Waals surface area contributed by atoms with E-state index in [4.69, 9.17) is 5.73 Å². The molecule has 1 aliphatic carbocycles. The highest BCUT2D eigenvalue weighted by Gasteiger charge is 2.14. The molecular weight excluding hydrogens is 188 g/mol. The normalized spacial score (nSPS) is 16.9. The number of amides is 1. The van der Waals surface area contributed by atoms with Gasteiger partial charge in [0.25, 0.3) is 0 Å². The lowest BCUT2D eigenvalue weighted by Gasteiger charge is -2.09. The molecule has 0 saturated heterocycles. The van der Waals surface area contributed by atoms with Crippen LogP contribution in [0.1, 0.15) is 51.4 Å². The van der Waals surface area contributed by atoms with Gasteiger partial charge in [-0.25, -0.2) is 0 Å². The van der Waals surface area contributed by atoms with Crippen molar-refractivity contribution in [3.8, 4) is 0 Å². The molecule has 1 amide bonds. The third-order valence-electron chi connectivity index (χ3n) is 3.21. The third kappa shape index (κ3) is 5.78. The van der Waals surface area contributed by atoms with E-state index in [1.165, 1.54) is 32.1 Å². The molecule has 0 bridgehead atoms. The summed E-state index contributed by atoms with van der Waals surface area (Å²) >= 11 is 0. The van der Waals surface area contributed by atoms with Gasteiger partial charge in [0.2, 0.25) is 5.91 Å². The van der Waals surface area contributed by atoms with Crippen LogP contribution in [0.15, 0.2) is 0 Å². The van der Waals surface area contributed by atoms with E-state index in [9.17, 15) is 4.79 Å². The molecule has 88 valence electrons. The molecule has 3 heteroatoms. The Kier molecular flexibility index (Phi) is 6.41. The molecule has 0 spiro atoms. The van der Waals surface area contributed by atoms with Gasteiger partial charge < -0.3 is 11.1 Å². The number of carbonyl (C=O) groups is 1. The van der Waals surface area contributed by atoms with Crippen molar-refractivity contribution in [1.82, 2.24) is 5.32 Å². The summed E-state index contributed by atoms with van der Waals surface area (Å²) in [6.07, 6.45) is 9.18. The van der Waals surface area contributed by atoms with Gasteiger partial charge in [-0.2, -0.15) is 0 Å². The first kappa shape index (κ1) is 12.5. The Bertz CT molecular complexity index is 176. The molecule has 0 unspecified atom stereocenters. The summed E-state index contributed by atoms with van der Waals surface area (Å²) in [5, 5.41) is 2.99. The van der Waals surface area contributed by atoms with E-state index in [0.29, 0.717) is 13.0 Å². The summed E-state index contributed by atoms with van der Waals surface area (Å²) in [5.74, 6) is 1.07. The van der Waals surface area contributed by atoms with Crippen LogP contribution in [0.4, 0.5) is 0 Å². The first-order valence-corrected chi connectivity index (χ1v) is 6.29. The molecule has 0 aromatic carbocycles. The predicted octanol–water partition coefficient (Wildman–Crippen LogP) is 1.81. The van der Waals surface area contributed by atoms with Crippen LogP contribution in [0.25, 0.3) is 0 Å². The Morgan fingerprint density at radius 1 is 1.27 bits per heavy atom. The van der Waals surface area contributed by atoms with Crippen molar-refractivity contribution in [3.63, 3.8) is 0 Å². The molecule has 0 atom stereocenters. The van der Waals surface area contributed by atoms with Gasteiger partial charge in [-0.1, -0.05) is 25.7 Å². The van der Waals surface area contributed by atoms with Crippen molar-refractivity contribution in [2.45, 2.75) is 51.4 Å². The minimum Gasteiger partial charge on any atom is -0.356 e. The van der Waals surface area contributed by atoms with Crippen molar-refractivity contribution < 1.29 is 4.79 Å². The summed E-state index contributed by atoms with van der Waals surface area (Å²) in [6, 6.07) is 0. The largest absolute Gasteiger partial charge is 0.356 e. The Labute approximate surface area is 92.8 Å². The highest BCUT2D eigenvalue weighted by molar-refractivity contribution is 5.75. The lowest BCUT2D eigenvalue weighted by atomic mass is 10.0. The molecule has 1 saturated carbocycles. The van der Waals surface area contributed by atoms with Crippen molar-refractivity contribution >= 4 is 5.91 Å². The number of nitrogens with two attached hydrogens (primary N) is 1. The summed E-state index contributed by atoms with van der Waals surface area (Å²) in [5.41, 5.74) is 5.37. The molecule has 3 nitrogen and oxygen atoms in total. The Hall–Kier alpha value is -0.570. The van der Waals surface area contributed by atoms with Crippen LogP contribution in [0, 0.1) is 5.92 Å². The van der Waals surface area contributed by atoms with Crippen LogP contribution in [0.3, 0.4) is 0 Å². The van der Waals surface area contributed by atoms with E-state index >= 15 is 0 Å². The van der Waals surface area contributed by atoms with Gasteiger partial charge in [0.1, 0.15) is 0 Å². The van der Waals surface area contributed by atoms with E-state index in [0.717, 1.165) is 25.3 Å². The maximum atomic E-state index is 11.3. The minimum atomic E-state index is 0.196. The smallest absolute Gasteiger partial charge is 0.219 e. The molecule has 15 heavy (non-hydrogen) atoms. The first-order chi connectivity index (χ1) is 7.33. The lowest BCUT2D eigenvalue weighted by Crippen LogP contribution is -2.25. The fourth-order valence-corrected chi connectivity index (χ4v) is 2.23. The first-order valence-electron chi connectivity index (χ1n) is 6.29. The number of nitrogens with one attached hydrogen (secondary N) is 1. The Morgan fingerprint density at radius 2 is 2.00 bits per heavy atom. The van der Waals surface area contributed by atoms with Gasteiger partial charge in [-0.05, 0) is 31.7 Å². The average Bonchev–Trinajstić information content (AvgIpc) is 2.71. The molecule has 1 rings (SSSR count). The second-order valence-corrected chi connectivity index (χ2v) is 4.53. The molecule has 0 aliphatic heterocycles. The number of rotatable bonds is 7. The second kappa shape index (κ2) is 7.69. The van der Waals surface area contributed by atoms with Crippen LogP contribution in [-0.4, -0.2) is 19.0 Å². The molecular formula is C12H24N2O. The van der Waals surface area contributed by atoms with Crippen molar-refractivity contribution in [2.24, 2.45) is 11.7 Å². The van der Waals surface area contributed by atoms with E-state index in [2.05, 4.69) is 5.32 Å². The van der Waals surface area contributed by atoms with Gasteiger partial charge in [0.15, 0.2) is 0 Å². The van der Waals surface area contributed by atoms with Crippen molar-refractivity contribution in [2.75, 3.05) is 13.1 Å². The number of hydrogen-bond donors (Lipinski definition) is 2. The SMILES string of the molecule is NCCCCC(=O)NCCC1CCCC1. The fourth-order valence-electron chi connectivity index (χ4n) is 2.23. The number of hydrogen-bond acceptors (Lipinski definition) is 2. The molecule has 0 aromatic rings. The monoisotopic (exact) mass is 212 g/mol. The third-order valence-corrected chi connectivity index (χ3v) is 3.21. The van der Waals surface area contributed by atoms with Crippen LogP contribution in [-0.2, 0) is 4.79 Å². The van der Waals surface area contributed by atoms with Crippen LogP contribution in [0.5, 0.6) is 0 Å². The van der Waals surface area contributed by atoms with E-state index in [-0.39, 0.29) is 5.91 Å². The summed E-state index contributed by atoms with van der Waals surface area (Å²) < 4.78 is 0. The van der Waals surface area contributed by atoms with Crippen LogP contribution >= 0.6 is 0 Å². The zero-order valence-electron chi connectivity index (χ0n) is 9.63. The summed E-state index contributed by atoms with van der Waals surface area (Å²) in [7, 11) is 0. The van der Waals surface area contributed by atoms with Gasteiger partial charge in [-0.3, -0.25) is 4.79 Å². The lowest BCUT2D eigenvalue weighted by molar-refractivity contribution is -0.121. The quantitative estimate of drug-likeness (QED) is 0.632. The van der Waals surface area contributed by atoms with E-state index in [1.54, 1.807) is 0 Å². The average molecular weight is 212 g/mol. The number of unbranched alkanes of at least 4 members (excludes halogenated alkanes) is 1. The van der Waals surface area contributed by atoms with Gasteiger partial charge >= 0.3 is 0 Å². The fraction of sp³-hybridized carbons (Fsp3) is 0.917. The Morgan fingerprint density at radius 3 is 2.67 bits per heavy atom. The standard InChI is InChI=1S/C12H24N2O/c13-9-4-3-7-12(15)14-10-8-11-5-1-2-6-11/h11H,1-10,13H2,(H,14,15). The zero-order chi connectivity index (χ0) is 10.9. The van der Waals surface area contributed by atoms with Crippen molar-refractivity contribution in [3.05, 3.63) is 0 Å². The molecule has 0 aromatic heterocycles. The molecule has 3 N–H and O–H groups in total. The summed E-state index contributed by atoms with van der Waals surface area (Å²) in [4.78, 5) is 11.3. The predicted molar refractivity (Wildman–Crippen MR) is 62.5 cm³/mol.